The molecule has 1 fully saturated rings. The fourth-order valence-corrected chi connectivity index (χ4v) is 3.79. The van der Waals surface area contributed by atoms with Crippen molar-refractivity contribution in [2.45, 2.75) is 12.3 Å². The lowest BCUT2D eigenvalue weighted by Crippen LogP contribution is -2.24. The Morgan fingerprint density at radius 1 is 1.10 bits per heavy atom. The first-order valence-electron chi connectivity index (χ1n) is 8.90. The molecule has 1 saturated heterocycles. The van der Waals surface area contributed by atoms with Gasteiger partial charge >= 0.3 is 6.01 Å². The summed E-state index contributed by atoms with van der Waals surface area (Å²) in [4.78, 5) is 26.5. The minimum Gasteiger partial charge on any atom is -0.407 e. The fourth-order valence-electron chi connectivity index (χ4n) is 3.27. The second-order valence-electron chi connectivity index (χ2n) is 6.61. The summed E-state index contributed by atoms with van der Waals surface area (Å²) < 4.78 is 13.8. The summed E-state index contributed by atoms with van der Waals surface area (Å²) in [5.41, 5.74) is 2.64. The average molecular weight is 406 g/mol. The Morgan fingerprint density at radius 3 is 2.79 bits per heavy atom. The standard InChI is InChI=1S/C19H14N6O3S/c26-16-9-12(10-25(16)13-4-2-1-3-5-13)18-21-22-19(28-18)20-17(27)11-6-7-14-15(8-11)24-29-23-14/h1-8,12H,9-10H2,(H,20,22,27). The first-order valence-corrected chi connectivity index (χ1v) is 9.63. The van der Waals surface area contributed by atoms with E-state index in [0.29, 0.717) is 23.5 Å². The number of hydrogen-bond acceptors (Lipinski definition) is 8. The molecule has 0 spiro atoms. The molecule has 0 aliphatic carbocycles. The third-order valence-electron chi connectivity index (χ3n) is 4.72. The third kappa shape index (κ3) is 3.34. The Hall–Kier alpha value is -3.66. The van der Waals surface area contributed by atoms with Crippen molar-refractivity contribution in [3.63, 3.8) is 0 Å². The first kappa shape index (κ1) is 17.4. The van der Waals surface area contributed by atoms with Gasteiger partial charge in [0.2, 0.25) is 11.8 Å². The Labute approximate surface area is 168 Å². The van der Waals surface area contributed by atoms with Crippen LogP contribution in [0.3, 0.4) is 0 Å². The highest BCUT2D eigenvalue weighted by Gasteiger charge is 2.35. The lowest BCUT2D eigenvalue weighted by Gasteiger charge is -2.15. The number of benzene rings is 2. The van der Waals surface area contributed by atoms with Gasteiger partial charge in [0.25, 0.3) is 5.91 Å². The van der Waals surface area contributed by atoms with E-state index < -0.39 is 0 Å². The van der Waals surface area contributed by atoms with Crippen molar-refractivity contribution in [1.82, 2.24) is 18.9 Å². The van der Waals surface area contributed by atoms with Gasteiger partial charge in [-0.25, -0.2) is 0 Å². The number of amides is 2. The Morgan fingerprint density at radius 2 is 1.93 bits per heavy atom. The van der Waals surface area contributed by atoms with Gasteiger partial charge in [0, 0.05) is 24.2 Å². The number of carbonyl (C=O) groups is 2. The molecule has 2 amide bonds. The number of carbonyl (C=O) groups excluding carboxylic acids is 2. The van der Waals surface area contributed by atoms with Crippen LogP contribution in [0.4, 0.5) is 11.7 Å². The maximum atomic E-state index is 12.5. The summed E-state index contributed by atoms with van der Waals surface area (Å²) in [7, 11) is 0. The maximum Gasteiger partial charge on any atom is 0.322 e. The van der Waals surface area contributed by atoms with Crippen molar-refractivity contribution in [2.75, 3.05) is 16.8 Å². The van der Waals surface area contributed by atoms with E-state index in [2.05, 4.69) is 24.3 Å². The topological polar surface area (TPSA) is 114 Å². The van der Waals surface area contributed by atoms with Crippen LogP contribution in [0.1, 0.15) is 28.6 Å². The van der Waals surface area contributed by atoms with E-state index in [-0.39, 0.29) is 30.2 Å². The van der Waals surface area contributed by atoms with E-state index in [1.54, 1.807) is 23.1 Å². The van der Waals surface area contributed by atoms with Crippen molar-refractivity contribution in [1.29, 1.82) is 0 Å². The number of aromatic nitrogens is 4. The molecule has 1 atom stereocenters. The zero-order valence-corrected chi connectivity index (χ0v) is 15.8. The molecule has 1 N–H and O–H groups in total. The lowest BCUT2D eigenvalue weighted by molar-refractivity contribution is -0.117. The molecule has 3 heterocycles. The van der Waals surface area contributed by atoms with Gasteiger partial charge in [0.1, 0.15) is 11.0 Å². The molecule has 4 aromatic rings. The minimum absolute atomic E-state index is 0.00448. The van der Waals surface area contributed by atoms with Gasteiger partial charge in [-0.15, -0.1) is 5.10 Å². The van der Waals surface area contributed by atoms with Crippen molar-refractivity contribution in [3.8, 4) is 0 Å². The lowest BCUT2D eigenvalue weighted by atomic mass is 10.1. The molecular formula is C19H14N6O3S. The predicted octanol–water partition coefficient (Wildman–Crippen LogP) is 2.85. The summed E-state index contributed by atoms with van der Waals surface area (Å²) >= 11 is 1.09. The quantitative estimate of drug-likeness (QED) is 0.554. The summed E-state index contributed by atoms with van der Waals surface area (Å²) in [5, 5.41) is 10.5. The van der Waals surface area contributed by atoms with Crippen LogP contribution in [0.5, 0.6) is 0 Å². The third-order valence-corrected chi connectivity index (χ3v) is 5.28. The molecule has 29 heavy (non-hydrogen) atoms. The summed E-state index contributed by atoms with van der Waals surface area (Å²) in [6.07, 6.45) is 0.276. The molecule has 0 bridgehead atoms. The van der Waals surface area contributed by atoms with Gasteiger partial charge in [-0.3, -0.25) is 14.9 Å². The van der Waals surface area contributed by atoms with Crippen LogP contribution >= 0.6 is 11.7 Å². The summed E-state index contributed by atoms with van der Waals surface area (Å²) in [5.74, 6) is -0.289. The molecule has 144 valence electrons. The number of nitrogens with zero attached hydrogens (tertiary/aromatic N) is 5. The van der Waals surface area contributed by atoms with E-state index in [1.165, 1.54) is 0 Å². The fraction of sp³-hybridized carbons (Fsp3) is 0.158. The second kappa shape index (κ2) is 7.06. The highest BCUT2D eigenvalue weighted by molar-refractivity contribution is 7.00. The van der Waals surface area contributed by atoms with E-state index in [4.69, 9.17) is 4.42 Å². The van der Waals surface area contributed by atoms with E-state index in [0.717, 1.165) is 22.9 Å². The molecule has 2 aromatic heterocycles. The Bertz CT molecular complexity index is 1200. The summed E-state index contributed by atoms with van der Waals surface area (Å²) in [6, 6.07) is 14.5. The maximum absolute atomic E-state index is 12.5. The molecule has 10 heteroatoms. The predicted molar refractivity (Wildman–Crippen MR) is 106 cm³/mol. The number of para-hydroxylation sites is 1. The molecule has 1 unspecified atom stereocenters. The van der Waals surface area contributed by atoms with Crippen molar-refractivity contribution >= 4 is 46.3 Å². The van der Waals surface area contributed by atoms with Gasteiger partial charge < -0.3 is 9.32 Å². The normalized spacial score (nSPS) is 16.5. The van der Waals surface area contributed by atoms with Crippen LogP contribution in [0.2, 0.25) is 0 Å². The van der Waals surface area contributed by atoms with Gasteiger partial charge in [-0.1, -0.05) is 23.3 Å². The highest BCUT2D eigenvalue weighted by atomic mass is 32.1. The first-order chi connectivity index (χ1) is 14.2. The summed E-state index contributed by atoms with van der Waals surface area (Å²) in [6.45, 7) is 0.450. The molecular weight excluding hydrogens is 392 g/mol. The van der Waals surface area contributed by atoms with E-state index in [1.807, 2.05) is 30.3 Å². The smallest absolute Gasteiger partial charge is 0.322 e. The molecule has 0 saturated carbocycles. The minimum atomic E-state index is -0.386. The van der Waals surface area contributed by atoms with Gasteiger partial charge in [0.15, 0.2) is 0 Å². The van der Waals surface area contributed by atoms with Crippen LogP contribution < -0.4 is 10.2 Å². The number of nitrogens with one attached hydrogen (secondary N) is 1. The van der Waals surface area contributed by atoms with E-state index >= 15 is 0 Å². The number of rotatable bonds is 4. The highest BCUT2D eigenvalue weighted by Crippen LogP contribution is 2.31. The molecule has 0 radical (unpaired) electrons. The van der Waals surface area contributed by atoms with Crippen LogP contribution in [-0.2, 0) is 4.79 Å². The van der Waals surface area contributed by atoms with Crippen LogP contribution in [0.25, 0.3) is 11.0 Å². The number of fused-ring (bicyclic) bond motifs is 1. The molecule has 1 aliphatic rings. The van der Waals surface area contributed by atoms with Gasteiger partial charge in [-0.05, 0) is 30.3 Å². The monoisotopic (exact) mass is 406 g/mol. The van der Waals surface area contributed by atoms with Crippen LogP contribution in [0, 0.1) is 0 Å². The SMILES string of the molecule is O=C(Nc1nnc(C2CC(=O)N(c3ccccc3)C2)o1)c1ccc2nsnc2c1. The van der Waals surface area contributed by atoms with Crippen molar-refractivity contribution < 1.29 is 14.0 Å². The zero-order chi connectivity index (χ0) is 19.8. The van der Waals surface area contributed by atoms with Crippen molar-refractivity contribution in [2.24, 2.45) is 0 Å². The van der Waals surface area contributed by atoms with Crippen LogP contribution in [-0.4, -0.2) is 37.3 Å². The van der Waals surface area contributed by atoms with Gasteiger partial charge in [-0.2, -0.15) is 8.75 Å². The number of anilines is 2. The average Bonchev–Trinajstić information content (AvgIpc) is 3.47. The second-order valence-corrected chi connectivity index (χ2v) is 7.14. The van der Waals surface area contributed by atoms with Crippen molar-refractivity contribution in [3.05, 3.63) is 60.0 Å². The van der Waals surface area contributed by atoms with Gasteiger partial charge in [0.05, 0.1) is 17.6 Å². The zero-order valence-electron chi connectivity index (χ0n) is 15.0. The largest absolute Gasteiger partial charge is 0.407 e. The van der Waals surface area contributed by atoms with Crippen LogP contribution in [0.15, 0.2) is 52.9 Å². The molecule has 5 rings (SSSR count). The van der Waals surface area contributed by atoms with E-state index in [9.17, 15) is 9.59 Å². The molecule has 2 aromatic carbocycles. The number of hydrogen-bond donors (Lipinski definition) is 1. The molecule has 1 aliphatic heterocycles. The Balaban J connectivity index is 1.29. The Kier molecular flexibility index (Phi) is 4.24. The molecule has 9 nitrogen and oxygen atoms in total.